The summed E-state index contributed by atoms with van der Waals surface area (Å²) in [5, 5.41) is 18.8. The van der Waals surface area contributed by atoms with E-state index >= 15 is 0 Å². The van der Waals surface area contributed by atoms with Crippen LogP contribution < -0.4 is 25.2 Å². The number of anilines is 5. The summed E-state index contributed by atoms with van der Waals surface area (Å²) in [5.74, 6) is -0.718. The maximum Gasteiger partial charge on any atom is 0.330 e. The van der Waals surface area contributed by atoms with Crippen LogP contribution in [0.1, 0.15) is 53.0 Å². The summed E-state index contributed by atoms with van der Waals surface area (Å²) >= 11 is 0. The van der Waals surface area contributed by atoms with Crippen molar-refractivity contribution in [2.24, 2.45) is 11.8 Å². The molecule has 3 aromatic carbocycles. The number of nitrogens with one attached hydrogen (secondary N) is 3. The van der Waals surface area contributed by atoms with E-state index in [2.05, 4.69) is 30.6 Å². The number of ketones is 1. The first kappa shape index (κ1) is 39.1. The summed E-state index contributed by atoms with van der Waals surface area (Å²) in [5.41, 5.74) is 5.84. The van der Waals surface area contributed by atoms with Crippen molar-refractivity contribution < 1.29 is 24.0 Å². The molecule has 15 heteroatoms. The zero-order chi connectivity index (χ0) is 41.1. The van der Waals surface area contributed by atoms with Gasteiger partial charge in [0.15, 0.2) is 11.5 Å². The molecule has 15 nitrogen and oxygen atoms in total. The van der Waals surface area contributed by atoms with Crippen LogP contribution in [0, 0.1) is 35.8 Å². The van der Waals surface area contributed by atoms with Crippen LogP contribution in [0.25, 0.3) is 10.9 Å². The SMILES string of the molecule is Cc1ccc(Nc2ncc3c(n2)N(C)C(=O)N(c2cc(NC(=O)[C@@H](CC(=O)c4ccc([N+](=O)[O-])c(OCC(C)C)c4)Cc4c[nH]c5ccccc45)ccc2C)C3)cn1. The first-order valence-electron chi connectivity index (χ1n) is 18.9. The summed E-state index contributed by atoms with van der Waals surface area (Å²) in [7, 11) is 1.65. The number of amides is 3. The zero-order valence-electron chi connectivity index (χ0n) is 32.8. The number of ether oxygens (including phenoxy) is 1. The minimum atomic E-state index is -0.836. The number of aromatic nitrogens is 4. The lowest BCUT2D eigenvalue weighted by Gasteiger charge is -2.35. The summed E-state index contributed by atoms with van der Waals surface area (Å²) in [6.07, 6.45) is 5.24. The Bertz CT molecular complexity index is 2530. The molecule has 3 N–H and O–H groups in total. The molecular weight excluding hydrogens is 739 g/mol. The number of rotatable bonds is 14. The van der Waals surface area contributed by atoms with Crippen molar-refractivity contribution in [3.8, 4) is 5.75 Å². The Balaban J connectivity index is 1.13. The average molecular weight is 782 g/mol. The number of carbonyl (C=O) groups excluding carboxylic acids is 3. The number of pyridine rings is 1. The predicted molar refractivity (Wildman–Crippen MR) is 222 cm³/mol. The van der Waals surface area contributed by atoms with Gasteiger partial charge in [0.1, 0.15) is 5.82 Å². The molecule has 0 aliphatic carbocycles. The van der Waals surface area contributed by atoms with Crippen LogP contribution >= 0.6 is 0 Å². The van der Waals surface area contributed by atoms with Gasteiger partial charge in [-0.05, 0) is 79.8 Å². The summed E-state index contributed by atoms with van der Waals surface area (Å²) in [4.78, 5) is 72.9. The third kappa shape index (κ3) is 8.48. The number of Topliss-reactive ketones (excluding diaryl/α,β-unsaturated/α-hetero) is 1. The number of carbonyl (C=O) groups is 3. The van der Waals surface area contributed by atoms with Crippen molar-refractivity contribution in [3.63, 3.8) is 0 Å². The number of fused-ring (bicyclic) bond motifs is 2. The highest BCUT2D eigenvalue weighted by molar-refractivity contribution is 6.06. The highest BCUT2D eigenvalue weighted by atomic mass is 16.6. The summed E-state index contributed by atoms with van der Waals surface area (Å²) < 4.78 is 5.73. The number of hydrogen-bond acceptors (Lipinski definition) is 10. The van der Waals surface area contributed by atoms with Crippen LogP contribution in [0.2, 0.25) is 0 Å². The van der Waals surface area contributed by atoms with Crippen molar-refractivity contribution in [2.75, 3.05) is 34.1 Å². The second-order valence-electron chi connectivity index (χ2n) is 14.8. The van der Waals surface area contributed by atoms with Gasteiger partial charge < -0.3 is 20.4 Å². The fourth-order valence-electron chi connectivity index (χ4n) is 6.83. The molecule has 6 aromatic rings. The Morgan fingerprint density at radius 2 is 1.79 bits per heavy atom. The second kappa shape index (κ2) is 16.5. The molecule has 0 radical (unpaired) electrons. The second-order valence-corrected chi connectivity index (χ2v) is 14.8. The van der Waals surface area contributed by atoms with Gasteiger partial charge in [0.25, 0.3) is 0 Å². The molecule has 0 spiro atoms. The van der Waals surface area contributed by atoms with E-state index in [1.54, 1.807) is 36.5 Å². The van der Waals surface area contributed by atoms with Crippen LogP contribution in [-0.2, 0) is 17.8 Å². The van der Waals surface area contributed by atoms with Gasteiger partial charge in [-0.1, -0.05) is 38.1 Å². The molecule has 3 aromatic heterocycles. The highest BCUT2D eigenvalue weighted by Crippen LogP contribution is 2.35. The lowest BCUT2D eigenvalue weighted by Crippen LogP contribution is -2.46. The van der Waals surface area contributed by atoms with E-state index in [0.717, 1.165) is 33.3 Å². The van der Waals surface area contributed by atoms with E-state index in [9.17, 15) is 24.5 Å². The first-order valence-corrected chi connectivity index (χ1v) is 18.9. The van der Waals surface area contributed by atoms with E-state index in [0.29, 0.717) is 28.8 Å². The van der Waals surface area contributed by atoms with Gasteiger partial charge in [0.05, 0.1) is 35.6 Å². The zero-order valence-corrected chi connectivity index (χ0v) is 32.8. The molecule has 7 rings (SSSR count). The first-order chi connectivity index (χ1) is 27.8. The Hall–Kier alpha value is -7.16. The molecule has 0 saturated heterocycles. The normalized spacial score (nSPS) is 13.0. The van der Waals surface area contributed by atoms with Crippen molar-refractivity contribution in [1.29, 1.82) is 0 Å². The van der Waals surface area contributed by atoms with Gasteiger partial charge in [0, 0.05) is 71.3 Å². The number of aryl methyl sites for hydroxylation is 2. The van der Waals surface area contributed by atoms with Crippen molar-refractivity contribution >= 4 is 63.1 Å². The smallest absolute Gasteiger partial charge is 0.330 e. The minimum Gasteiger partial charge on any atom is -0.487 e. The minimum absolute atomic E-state index is 0.00152. The number of H-pyrrole nitrogens is 1. The Morgan fingerprint density at radius 1 is 1.00 bits per heavy atom. The molecule has 1 atom stereocenters. The van der Waals surface area contributed by atoms with Crippen molar-refractivity contribution in [3.05, 3.63) is 129 Å². The summed E-state index contributed by atoms with van der Waals surface area (Å²) in [6.45, 7) is 8.04. The van der Waals surface area contributed by atoms with E-state index < -0.39 is 16.7 Å². The fourth-order valence-corrected chi connectivity index (χ4v) is 6.83. The largest absolute Gasteiger partial charge is 0.487 e. The van der Waals surface area contributed by atoms with E-state index in [-0.39, 0.29) is 60.7 Å². The molecule has 0 fully saturated rings. The number of nitrogens with zero attached hydrogens (tertiary/aromatic N) is 6. The number of benzene rings is 3. The van der Waals surface area contributed by atoms with Crippen molar-refractivity contribution in [1.82, 2.24) is 19.9 Å². The highest BCUT2D eigenvalue weighted by Gasteiger charge is 2.32. The van der Waals surface area contributed by atoms with Crippen LogP contribution in [0.3, 0.4) is 0 Å². The predicted octanol–water partition coefficient (Wildman–Crippen LogP) is 8.30. The Kier molecular flexibility index (Phi) is 11.1. The monoisotopic (exact) mass is 781 g/mol. The quantitative estimate of drug-likeness (QED) is 0.0551. The number of nitro benzene ring substituents is 1. The van der Waals surface area contributed by atoms with Crippen LogP contribution in [0.15, 0.2) is 91.4 Å². The van der Waals surface area contributed by atoms with Gasteiger partial charge in [-0.25, -0.2) is 9.78 Å². The maximum absolute atomic E-state index is 14.3. The average Bonchev–Trinajstić information content (AvgIpc) is 3.62. The molecule has 3 amide bonds. The third-order valence-corrected chi connectivity index (χ3v) is 9.94. The van der Waals surface area contributed by atoms with E-state index in [4.69, 9.17) is 4.74 Å². The van der Waals surface area contributed by atoms with Gasteiger partial charge in [0.2, 0.25) is 11.9 Å². The van der Waals surface area contributed by atoms with Gasteiger partial charge in [-0.3, -0.25) is 34.5 Å². The maximum atomic E-state index is 14.3. The number of hydrogen-bond donors (Lipinski definition) is 3. The lowest BCUT2D eigenvalue weighted by molar-refractivity contribution is -0.385. The topological polar surface area (TPSA) is 189 Å². The van der Waals surface area contributed by atoms with E-state index in [1.807, 2.05) is 76.4 Å². The van der Waals surface area contributed by atoms with E-state index in [1.165, 1.54) is 23.1 Å². The molecule has 1 aliphatic rings. The number of aromatic amines is 1. The molecule has 0 bridgehead atoms. The Labute approximate surface area is 334 Å². The number of para-hydroxylation sites is 1. The van der Waals surface area contributed by atoms with Gasteiger partial charge >= 0.3 is 11.7 Å². The standard InChI is InChI=1S/C43H43N9O6/c1-25(2)24-58-39-18-28(12-15-36(39)52(56)57)38(53)17-29(16-30-20-45-35-9-7-6-8-34(30)35)41(54)47-32-13-10-26(3)37(19-32)51-23-31-21-46-42(49-40(31)50(5)43(51)55)48-33-14-11-27(4)44-22-33/h6-15,18-22,25,29,45H,16-17,23-24H2,1-5H3,(H,47,54)(H,46,48,49)/t29-/m1/s1. The molecular formula is C43H43N9O6. The molecule has 296 valence electrons. The number of nitro groups is 1. The fraction of sp³-hybridized carbons (Fsp3) is 0.256. The number of urea groups is 1. The van der Waals surface area contributed by atoms with Crippen molar-refractivity contribution in [2.45, 2.75) is 47.1 Å². The molecule has 58 heavy (non-hydrogen) atoms. The summed E-state index contributed by atoms with van der Waals surface area (Å²) in [6, 6.07) is 20.5. The molecule has 0 saturated carbocycles. The molecule has 0 unspecified atom stereocenters. The molecule has 4 heterocycles. The van der Waals surface area contributed by atoms with Crippen LogP contribution in [0.4, 0.5) is 39.3 Å². The molecule has 1 aliphatic heterocycles. The Morgan fingerprint density at radius 3 is 2.55 bits per heavy atom. The van der Waals surface area contributed by atoms with Crippen LogP contribution in [0.5, 0.6) is 5.75 Å². The third-order valence-electron chi connectivity index (χ3n) is 9.94. The lowest BCUT2D eigenvalue weighted by atomic mass is 9.91. The van der Waals surface area contributed by atoms with Crippen LogP contribution in [-0.4, -0.2) is 56.2 Å². The van der Waals surface area contributed by atoms with Gasteiger partial charge in [-0.15, -0.1) is 0 Å². The van der Waals surface area contributed by atoms with Gasteiger partial charge in [-0.2, -0.15) is 4.98 Å².